The predicted molar refractivity (Wildman–Crippen MR) is 63.7 cm³/mol. The third-order valence-electron chi connectivity index (χ3n) is 2.77. The van der Waals surface area contributed by atoms with Crippen LogP contribution in [-0.2, 0) is 6.42 Å². The van der Waals surface area contributed by atoms with E-state index in [1.165, 1.54) is 11.1 Å². The molecule has 2 heteroatoms. The van der Waals surface area contributed by atoms with E-state index >= 15 is 0 Å². The van der Waals surface area contributed by atoms with Crippen molar-refractivity contribution in [3.8, 4) is 5.75 Å². The van der Waals surface area contributed by atoms with Crippen LogP contribution in [0.1, 0.15) is 37.3 Å². The van der Waals surface area contributed by atoms with Crippen LogP contribution in [0.3, 0.4) is 0 Å². The first-order valence-electron chi connectivity index (χ1n) is 5.38. The SMILES string of the molecule is CC(C)(C)C(Cl)c1ccc2c(c1)CCO2. The van der Waals surface area contributed by atoms with Crippen molar-refractivity contribution in [2.45, 2.75) is 32.6 Å². The fourth-order valence-corrected chi connectivity index (χ4v) is 2.00. The van der Waals surface area contributed by atoms with Crippen LogP contribution in [-0.4, -0.2) is 6.61 Å². The summed E-state index contributed by atoms with van der Waals surface area (Å²) in [5.41, 5.74) is 2.59. The molecule has 1 aromatic rings. The second-order valence-corrected chi connectivity index (χ2v) is 5.63. The highest BCUT2D eigenvalue weighted by molar-refractivity contribution is 6.21. The van der Waals surface area contributed by atoms with E-state index in [9.17, 15) is 0 Å². The number of rotatable bonds is 1. The lowest BCUT2D eigenvalue weighted by Crippen LogP contribution is -2.13. The van der Waals surface area contributed by atoms with E-state index in [4.69, 9.17) is 16.3 Å². The Morgan fingerprint density at radius 2 is 2.07 bits per heavy atom. The second-order valence-electron chi connectivity index (χ2n) is 5.19. The number of ether oxygens (including phenoxy) is 1. The lowest BCUT2D eigenvalue weighted by molar-refractivity contribution is 0.356. The van der Waals surface area contributed by atoms with Crippen molar-refractivity contribution in [1.29, 1.82) is 0 Å². The average molecular weight is 225 g/mol. The van der Waals surface area contributed by atoms with Crippen molar-refractivity contribution >= 4 is 11.6 Å². The molecule has 1 aliphatic rings. The van der Waals surface area contributed by atoms with E-state index in [-0.39, 0.29) is 10.8 Å². The molecule has 0 spiro atoms. The molecule has 0 amide bonds. The van der Waals surface area contributed by atoms with Crippen LogP contribution >= 0.6 is 11.6 Å². The van der Waals surface area contributed by atoms with Crippen molar-refractivity contribution in [3.05, 3.63) is 29.3 Å². The third kappa shape index (κ3) is 2.12. The van der Waals surface area contributed by atoms with Crippen LogP contribution in [0, 0.1) is 5.41 Å². The van der Waals surface area contributed by atoms with E-state index < -0.39 is 0 Å². The molecular formula is C13H17ClO. The molecule has 0 aromatic heterocycles. The summed E-state index contributed by atoms with van der Waals surface area (Å²) in [5, 5.41) is 0.0587. The van der Waals surface area contributed by atoms with Gasteiger partial charge in [-0.1, -0.05) is 32.9 Å². The van der Waals surface area contributed by atoms with Crippen LogP contribution in [0.15, 0.2) is 18.2 Å². The molecule has 0 bridgehead atoms. The normalized spacial score (nSPS) is 17.1. The number of alkyl halides is 1. The molecule has 1 nitrogen and oxygen atoms in total. The molecule has 0 saturated heterocycles. The molecular weight excluding hydrogens is 208 g/mol. The Kier molecular flexibility index (Phi) is 2.68. The molecule has 2 rings (SSSR count). The molecule has 1 atom stereocenters. The first kappa shape index (κ1) is 10.8. The zero-order chi connectivity index (χ0) is 11.1. The second kappa shape index (κ2) is 3.71. The number of benzene rings is 1. The van der Waals surface area contributed by atoms with Gasteiger partial charge in [0, 0.05) is 6.42 Å². The monoisotopic (exact) mass is 224 g/mol. The summed E-state index contributed by atoms with van der Waals surface area (Å²) < 4.78 is 5.48. The highest BCUT2D eigenvalue weighted by Crippen LogP contribution is 2.40. The van der Waals surface area contributed by atoms with Crippen molar-refractivity contribution in [1.82, 2.24) is 0 Å². The summed E-state index contributed by atoms with van der Waals surface area (Å²) in [6.07, 6.45) is 1.01. The standard InChI is InChI=1S/C13H17ClO/c1-13(2,3)12(14)10-4-5-11-9(8-10)6-7-15-11/h4-5,8,12H,6-7H2,1-3H3. The molecule has 0 saturated carbocycles. The zero-order valence-electron chi connectivity index (χ0n) is 9.51. The van der Waals surface area contributed by atoms with Crippen molar-refractivity contribution in [2.24, 2.45) is 5.41 Å². The van der Waals surface area contributed by atoms with Gasteiger partial charge in [-0.2, -0.15) is 0 Å². The Bertz CT molecular complexity index is 365. The minimum Gasteiger partial charge on any atom is -0.493 e. The number of halogens is 1. The van der Waals surface area contributed by atoms with Gasteiger partial charge in [-0.05, 0) is 22.6 Å². The Morgan fingerprint density at radius 3 is 2.73 bits per heavy atom. The van der Waals surface area contributed by atoms with Gasteiger partial charge in [0.2, 0.25) is 0 Å². The van der Waals surface area contributed by atoms with Gasteiger partial charge in [0.15, 0.2) is 0 Å². The molecule has 0 N–H and O–H groups in total. The molecule has 0 aliphatic carbocycles. The predicted octanol–water partition coefficient (Wildman–Crippen LogP) is 3.95. The number of hydrogen-bond acceptors (Lipinski definition) is 1. The third-order valence-corrected chi connectivity index (χ3v) is 3.67. The highest BCUT2D eigenvalue weighted by atomic mass is 35.5. The molecule has 82 valence electrons. The van der Waals surface area contributed by atoms with Gasteiger partial charge in [0.1, 0.15) is 5.75 Å². The lowest BCUT2D eigenvalue weighted by atomic mass is 9.87. The zero-order valence-corrected chi connectivity index (χ0v) is 10.3. The van der Waals surface area contributed by atoms with Gasteiger partial charge < -0.3 is 4.74 Å². The number of fused-ring (bicyclic) bond motifs is 1. The minimum atomic E-state index is 0.0587. The van der Waals surface area contributed by atoms with Gasteiger partial charge >= 0.3 is 0 Å². The summed E-state index contributed by atoms with van der Waals surface area (Å²) in [5.74, 6) is 1.02. The molecule has 0 radical (unpaired) electrons. The summed E-state index contributed by atoms with van der Waals surface area (Å²) in [6.45, 7) is 7.29. The van der Waals surface area contributed by atoms with Crippen LogP contribution in [0.25, 0.3) is 0 Å². The van der Waals surface area contributed by atoms with Gasteiger partial charge in [-0.15, -0.1) is 11.6 Å². The van der Waals surface area contributed by atoms with Gasteiger partial charge in [0.25, 0.3) is 0 Å². The number of hydrogen-bond donors (Lipinski definition) is 0. The largest absolute Gasteiger partial charge is 0.493 e. The summed E-state index contributed by atoms with van der Waals surface area (Å²) in [6, 6.07) is 6.30. The maximum Gasteiger partial charge on any atom is 0.122 e. The van der Waals surface area contributed by atoms with Gasteiger partial charge in [0.05, 0.1) is 12.0 Å². The van der Waals surface area contributed by atoms with Gasteiger partial charge in [-0.3, -0.25) is 0 Å². The lowest BCUT2D eigenvalue weighted by Gasteiger charge is -2.25. The van der Waals surface area contributed by atoms with Crippen LogP contribution in [0.2, 0.25) is 0 Å². The first-order valence-corrected chi connectivity index (χ1v) is 5.82. The van der Waals surface area contributed by atoms with Crippen molar-refractivity contribution in [3.63, 3.8) is 0 Å². The van der Waals surface area contributed by atoms with Crippen molar-refractivity contribution in [2.75, 3.05) is 6.61 Å². The Labute approximate surface area is 96.4 Å². The summed E-state index contributed by atoms with van der Waals surface area (Å²) in [7, 11) is 0. The topological polar surface area (TPSA) is 9.23 Å². The summed E-state index contributed by atoms with van der Waals surface area (Å²) >= 11 is 6.44. The maximum atomic E-state index is 6.44. The first-order chi connectivity index (χ1) is 6.98. The average Bonchev–Trinajstić information content (AvgIpc) is 2.61. The smallest absolute Gasteiger partial charge is 0.122 e. The molecule has 1 heterocycles. The summed E-state index contributed by atoms with van der Waals surface area (Å²) in [4.78, 5) is 0. The Balaban J connectivity index is 2.31. The Hall–Kier alpha value is -0.690. The van der Waals surface area contributed by atoms with E-state index in [2.05, 4.69) is 32.9 Å². The maximum absolute atomic E-state index is 6.44. The van der Waals surface area contributed by atoms with Gasteiger partial charge in [-0.25, -0.2) is 0 Å². The van der Waals surface area contributed by atoms with Crippen molar-refractivity contribution < 1.29 is 4.74 Å². The fraction of sp³-hybridized carbons (Fsp3) is 0.538. The quantitative estimate of drug-likeness (QED) is 0.657. The molecule has 1 aromatic carbocycles. The fourth-order valence-electron chi connectivity index (χ4n) is 1.86. The minimum absolute atomic E-state index is 0.0587. The van der Waals surface area contributed by atoms with Crippen LogP contribution in [0.5, 0.6) is 5.75 Å². The van der Waals surface area contributed by atoms with E-state index in [1.807, 2.05) is 6.07 Å². The molecule has 15 heavy (non-hydrogen) atoms. The molecule has 1 unspecified atom stereocenters. The molecule has 0 fully saturated rings. The highest BCUT2D eigenvalue weighted by Gasteiger charge is 2.25. The van der Waals surface area contributed by atoms with E-state index in [0.717, 1.165) is 18.8 Å². The molecule has 1 aliphatic heterocycles. The van der Waals surface area contributed by atoms with E-state index in [0.29, 0.717) is 0 Å². The van der Waals surface area contributed by atoms with Crippen LogP contribution in [0.4, 0.5) is 0 Å². The van der Waals surface area contributed by atoms with E-state index in [1.54, 1.807) is 0 Å². The van der Waals surface area contributed by atoms with Crippen LogP contribution < -0.4 is 4.74 Å². The Morgan fingerprint density at radius 1 is 1.33 bits per heavy atom.